The van der Waals surface area contributed by atoms with Crippen molar-refractivity contribution in [3.8, 4) is 0 Å². The molecule has 0 aromatic carbocycles. The van der Waals surface area contributed by atoms with Gasteiger partial charge in [-0.05, 0) is 148 Å². The zero-order valence-electron chi connectivity index (χ0n) is 66.4. The molecular formula is C94H151NO8. The van der Waals surface area contributed by atoms with Gasteiger partial charge in [0.2, 0.25) is 0 Å². The Morgan fingerprint density at radius 2 is 0.524 bits per heavy atom. The van der Waals surface area contributed by atoms with Crippen molar-refractivity contribution in [2.75, 3.05) is 47.5 Å². The maximum absolute atomic E-state index is 13.0. The Morgan fingerprint density at radius 3 is 0.777 bits per heavy atom. The molecule has 0 aliphatic heterocycles. The number of rotatable bonds is 74. The van der Waals surface area contributed by atoms with E-state index in [-0.39, 0.29) is 38.6 Å². The first-order chi connectivity index (χ1) is 50.6. The third kappa shape index (κ3) is 83.0. The number of aliphatic carboxylic acids is 1. The van der Waals surface area contributed by atoms with Crippen LogP contribution < -0.4 is 5.11 Å². The number of carbonyl (C=O) groups excluding carboxylic acids is 3. The fraction of sp³-hybridized carbons (Fsp3) is 0.606. The van der Waals surface area contributed by atoms with E-state index in [2.05, 4.69) is 220 Å². The Bertz CT molecular complexity index is 2460. The molecule has 580 valence electrons. The lowest BCUT2D eigenvalue weighted by Crippen LogP contribution is -2.44. The van der Waals surface area contributed by atoms with Gasteiger partial charge in [0.25, 0.3) is 0 Å². The third-order valence-electron chi connectivity index (χ3n) is 17.0. The SMILES string of the molecule is CC/C=C\C/C=C\C/C=C\C/C=C\C/C=C\C/C=C\C/C=C\C/C=C\C/C=C\C/C=C\CCCCCCCCCCC(=O)OC(COC(=O)CCCCCCCCCCCCCCCCCCC/C=C\C/C=C\C/C=C\C/C=C\C/C=C\C/C=C\C/C=C\CC)COC(OCC[N+](C)(C)C)C(=O)[O-]. The second-order valence-corrected chi connectivity index (χ2v) is 27.9. The molecule has 0 radical (unpaired) electrons. The summed E-state index contributed by atoms with van der Waals surface area (Å²) in [7, 11) is 5.93. The van der Waals surface area contributed by atoms with Crippen molar-refractivity contribution in [3.63, 3.8) is 0 Å². The number of unbranched alkanes of at least 4 members (excludes halogenated alkanes) is 25. The van der Waals surface area contributed by atoms with Crippen LogP contribution in [-0.4, -0.2) is 82.3 Å². The lowest BCUT2D eigenvalue weighted by molar-refractivity contribution is -0.870. The van der Waals surface area contributed by atoms with Crippen LogP contribution in [0.15, 0.2) is 207 Å². The Kier molecular flexibility index (Phi) is 76.7. The van der Waals surface area contributed by atoms with Gasteiger partial charge >= 0.3 is 11.9 Å². The molecule has 9 nitrogen and oxygen atoms in total. The summed E-state index contributed by atoms with van der Waals surface area (Å²) in [4.78, 5) is 37.6. The second-order valence-electron chi connectivity index (χ2n) is 27.9. The number of esters is 2. The molecule has 103 heavy (non-hydrogen) atoms. The van der Waals surface area contributed by atoms with Crippen LogP contribution in [0.25, 0.3) is 0 Å². The molecule has 9 heteroatoms. The molecule has 0 saturated heterocycles. The molecule has 0 aromatic rings. The van der Waals surface area contributed by atoms with Gasteiger partial charge in [0.05, 0.1) is 40.3 Å². The molecule has 0 spiro atoms. The predicted molar refractivity (Wildman–Crippen MR) is 444 cm³/mol. The normalized spacial score (nSPS) is 13.8. The fourth-order valence-corrected chi connectivity index (χ4v) is 10.8. The van der Waals surface area contributed by atoms with Crippen LogP contribution in [0.3, 0.4) is 0 Å². The number of carboxylic acids is 1. The second kappa shape index (κ2) is 81.5. The summed E-state index contributed by atoms with van der Waals surface area (Å²) in [6.07, 6.45) is 124. The van der Waals surface area contributed by atoms with Crippen LogP contribution in [0, 0.1) is 0 Å². The van der Waals surface area contributed by atoms with Gasteiger partial charge in [0.15, 0.2) is 12.4 Å². The number of ether oxygens (including phenoxy) is 4. The van der Waals surface area contributed by atoms with E-state index < -0.39 is 24.3 Å². The van der Waals surface area contributed by atoms with Gasteiger partial charge in [-0.1, -0.05) is 355 Å². The van der Waals surface area contributed by atoms with Gasteiger partial charge < -0.3 is 33.3 Å². The minimum Gasteiger partial charge on any atom is -0.545 e. The molecule has 0 aromatic heterocycles. The summed E-state index contributed by atoms with van der Waals surface area (Å²) in [5.41, 5.74) is 0. The Morgan fingerprint density at radius 1 is 0.291 bits per heavy atom. The van der Waals surface area contributed by atoms with E-state index in [9.17, 15) is 19.5 Å². The number of nitrogens with zero attached hydrogens (tertiary/aromatic N) is 1. The van der Waals surface area contributed by atoms with Crippen molar-refractivity contribution in [1.29, 1.82) is 0 Å². The highest BCUT2D eigenvalue weighted by Crippen LogP contribution is 2.17. The highest BCUT2D eigenvalue weighted by molar-refractivity contribution is 5.70. The van der Waals surface area contributed by atoms with E-state index in [1.807, 2.05) is 21.1 Å². The van der Waals surface area contributed by atoms with E-state index in [4.69, 9.17) is 18.9 Å². The summed E-state index contributed by atoms with van der Waals surface area (Å²) in [6.45, 7) is 4.51. The van der Waals surface area contributed by atoms with Gasteiger partial charge in [0, 0.05) is 12.8 Å². The molecule has 0 aliphatic carbocycles. The number of likely N-dealkylation sites (N-methyl/N-ethyl adjacent to an activating group) is 1. The maximum Gasteiger partial charge on any atom is 0.306 e. The first kappa shape index (κ1) is 96.9. The van der Waals surface area contributed by atoms with E-state index in [1.165, 1.54) is 122 Å². The zero-order chi connectivity index (χ0) is 74.6. The van der Waals surface area contributed by atoms with Gasteiger partial charge in [-0.3, -0.25) is 9.59 Å². The van der Waals surface area contributed by atoms with Crippen molar-refractivity contribution in [3.05, 3.63) is 207 Å². The average Bonchev–Trinajstić information content (AvgIpc) is 0.985. The molecule has 0 bridgehead atoms. The number of hydrogen-bond acceptors (Lipinski definition) is 8. The largest absolute Gasteiger partial charge is 0.545 e. The molecule has 0 aliphatic rings. The number of carboxylic acid groups (broad SMARTS) is 1. The minimum absolute atomic E-state index is 0.137. The number of allylic oxidation sites excluding steroid dienone is 34. The van der Waals surface area contributed by atoms with Crippen molar-refractivity contribution in [2.45, 2.75) is 322 Å². The van der Waals surface area contributed by atoms with Gasteiger partial charge in [0.1, 0.15) is 13.2 Å². The summed E-state index contributed by atoms with van der Waals surface area (Å²) in [5.74, 6) is -2.30. The van der Waals surface area contributed by atoms with E-state index in [0.717, 1.165) is 154 Å². The Balaban J connectivity index is 4.11. The lowest BCUT2D eigenvalue weighted by Gasteiger charge is -2.26. The van der Waals surface area contributed by atoms with Gasteiger partial charge in [-0.2, -0.15) is 0 Å². The van der Waals surface area contributed by atoms with Crippen LogP contribution in [-0.2, 0) is 33.3 Å². The number of hydrogen-bond donors (Lipinski definition) is 0. The fourth-order valence-electron chi connectivity index (χ4n) is 10.8. The van der Waals surface area contributed by atoms with Crippen molar-refractivity contribution in [2.24, 2.45) is 0 Å². The number of carbonyl (C=O) groups is 3. The van der Waals surface area contributed by atoms with Crippen LogP contribution in [0.1, 0.15) is 309 Å². The molecule has 0 saturated carbocycles. The lowest BCUT2D eigenvalue weighted by atomic mass is 10.0. The van der Waals surface area contributed by atoms with E-state index in [1.54, 1.807) is 0 Å². The predicted octanol–water partition coefficient (Wildman–Crippen LogP) is 25.7. The zero-order valence-corrected chi connectivity index (χ0v) is 66.4. The summed E-state index contributed by atoms with van der Waals surface area (Å²) >= 11 is 0. The van der Waals surface area contributed by atoms with Crippen LogP contribution in [0.4, 0.5) is 0 Å². The Hall–Kier alpha value is -6.13. The molecule has 0 heterocycles. The third-order valence-corrected chi connectivity index (χ3v) is 17.0. The first-order valence-electron chi connectivity index (χ1n) is 41.2. The van der Waals surface area contributed by atoms with Crippen molar-refractivity contribution >= 4 is 17.9 Å². The quantitative estimate of drug-likeness (QED) is 0.0195. The van der Waals surface area contributed by atoms with E-state index in [0.29, 0.717) is 17.4 Å². The van der Waals surface area contributed by atoms with Crippen molar-refractivity contribution in [1.82, 2.24) is 0 Å². The van der Waals surface area contributed by atoms with Crippen molar-refractivity contribution < 1.29 is 42.9 Å². The summed E-state index contributed by atoms with van der Waals surface area (Å²) in [5, 5.41) is 11.9. The molecular weight excluding hydrogens is 1270 g/mol. The van der Waals surface area contributed by atoms with Gasteiger partial charge in [-0.25, -0.2) is 0 Å². The molecule has 2 unspecified atom stereocenters. The Labute approximate surface area is 633 Å². The average molecular weight is 1420 g/mol. The first-order valence-corrected chi connectivity index (χ1v) is 41.2. The van der Waals surface area contributed by atoms with Gasteiger partial charge in [-0.15, -0.1) is 0 Å². The molecule has 0 amide bonds. The summed E-state index contributed by atoms with van der Waals surface area (Å²) in [6, 6.07) is 0. The van der Waals surface area contributed by atoms with Crippen LogP contribution in [0.5, 0.6) is 0 Å². The van der Waals surface area contributed by atoms with Crippen LogP contribution >= 0.6 is 0 Å². The highest BCUT2D eigenvalue weighted by Gasteiger charge is 2.22. The highest BCUT2D eigenvalue weighted by atomic mass is 16.7. The van der Waals surface area contributed by atoms with Crippen LogP contribution in [0.2, 0.25) is 0 Å². The molecule has 0 fully saturated rings. The minimum atomic E-state index is -1.64. The molecule has 0 rings (SSSR count). The van der Waals surface area contributed by atoms with E-state index >= 15 is 0 Å². The topological polar surface area (TPSA) is 111 Å². The standard InChI is InChI=1S/C94H151NO8/c1-6-8-10-12-14-16-18-20-22-24-26-28-30-32-34-36-38-40-42-44-46-48-50-52-54-56-58-60-62-64-66-68-70-72-74-76-78-80-82-84-91(96)101-88-90(89-102-94(93(98)99)100-87-86-95(3,4)5)103-92(97)85-83-81-79-77-75-73-71-69-67-65-63-61-59-57-55-53-51-49-47-45-43-41-39-37-35-33-31-29-27-25-23-21-19-17-15-13-11-9-7-2/h8-11,14-17,20-23,26-29,32-35,38-41,44-47,51,53,57,59,63,65,90,94H,6-7,12-13,18-19,24-25,30-31,36-37,42-43,48-50,52,54-56,58,60-62,64,66-89H2,1-5H3/b10-8-,11-9-,16-14-,17-15-,22-20-,23-21-,28-26-,29-27-,34-32-,35-33-,40-38-,41-39-,46-44-,47-45-,53-51-,59-57-,65-63-. The molecule has 2 atom stereocenters. The molecule has 0 N–H and O–H groups in total. The smallest absolute Gasteiger partial charge is 0.306 e. The maximum atomic E-state index is 13.0. The number of quaternary nitrogens is 1. The summed E-state index contributed by atoms with van der Waals surface area (Å²) < 4.78 is 22.9. The monoisotopic (exact) mass is 1420 g/mol.